The summed E-state index contributed by atoms with van der Waals surface area (Å²) in [6, 6.07) is 10.5. The van der Waals surface area contributed by atoms with Gasteiger partial charge in [-0.05, 0) is 18.1 Å². The fraction of sp³-hybridized carbons (Fsp3) is 0.316. The summed E-state index contributed by atoms with van der Waals surface area (Å²) in [6.45, 7) is 0.216. The van der Waals surface area contributed by atoms with Crippen molar-refractivity contribution in [2.75, 3.05) is 19.1 Å². The Labute approximate surface area is 157 Å². The molecule has 27 heavy (non-hydrogen) atoms. The summed E-state index contributed by atoms with van der Waals surface area (Å²) in [5, 5.41) is 2.40. The first-order valence-corrected chi connectivity index (χ1v) is 10.5. The van der Waals surface area contributed by atoms with Gasteiger partial charge in [-0.1, -0.05) is 30.3 Å². The summed E-state index contributed by atoms with van der Waals surface area (Å²) in [6.07, 6.45) is 2.74. The summed E-state index contributed by atoms with van der Waals surface area (Å²) in [5.74, 6) is -0.983. The maximum Gasteiger partial charge on any atom is 0.263 e. The van der Waals surface area contributed by atoms with Crippen molar-refractivity contribution < 1.29 is 18.0 Å². The number of benzene rings is 1. The maximum atomic E-state index is 12.6. The lowest BCUT2D eigenvalue weighted by Crippen LogP contribution is -2.32. The minimum absolute atomic E-state index is 0.0177. The zero-order valence-corrected chi connectivity index (χ0v) is 16.1. The molecule has 144 valence electrons. The number of pyridine rings is 1. The smallest absolute Gasteiger partial charge is 0.263 e. The molecule has 0 fully saturated rings. The summed E-state index contributed by atoms with van der Waals surface area (Å²) in [5.41, 5.74) is 0.440. The Hall–Kier alpha value is -2.74. The summed E-state index contributed by atoms with van der Waals surface area (Å²) < 4.78 is 23.8. The molecule has 0 aliphatic rings. The van der Waals surface area contributed by atoms with Crippen LogP contribution in [0.3, 0.4) is 0 Å². The third kappa shape index (κ3) is 5.89. The Morgan fingerprint density at radius 1 is 1.15 bits per heavy atom. The van der Waals surface area contributed by atoms with Gasteiger partial charge in [0.1, 0.15) is 15.4 Å². The molecule has 2 rings (SSSR count). The van der Waals surface area contributed by atoms with Crippen LogP contribution in [0.15, 0.2) is 47.4 Å². The van der Waals surface area contributed by atoms with Gasteiger partial charge in [-0.2, -0.15) is 0 Å². The molecule has 1 amide bonds. The van der Waals surface area contributed by atoms with E-state index in [1.807, 2.05) is 30.3 Å². The fourth-order valence-corrected chi connectivity index (χ4v) is 3.29. The van der Waals surface area contributed by atoms with Crippen molar-refractivity contribution in [1.29, 1.82) is 0 Å². The van der Waals surface area contributed by atoms with E-state index in [1.165, 1.54) is 23.9 Å². The zero-order chi connectivity index (χ0) is 20.0. The van der Waals surface area contributed by atoms with E-state index in [9.17, 15) is 22.8 Å². The third-order valence-corrected chi connectivity index (χ3v) is 5.02. The van der Waals surface area contributed by atoms with E-state index >= 15 is 0 Å². The number of amides is 1. The van der Waals surface area contributed by atoms with Crippen molar-refractivity contribution >= 4 is 21.5 Å². The first-order chi connectivity index (χ1) is 12.7. The second kappa shape index (κ2) is 8.77. The Morgan fingerprint density at radius 3 is 2.41 bits per heavy atom. The van der Waals surface area contributed by atoms with Gasteiger partial charge < -0.3 is 9.88 Å². The van der Waals surface area contributed by atoms with Crippen molar-refractivity contribution in [3.05, 3.63) is 69.6 Å². The quantitative estimate of drug-likeness (QED) is 0.684. The first-order valence-electron chi connectivity index (χ1n) is 8.42. The van der Waals surface area contributed by atoms with Crippen LogP contribution in [0, 0.1) is 0 Å². The number of carbonyl (C=O) groups is 2. The van der Waals surface area contributed by atoms with Gasteiger partial charge in [0.05, 0.1) is 12.3 Å². The molecule has 1 heterocycles. The Morgan fingerprint density at radius 2 is 1.81 bits per heavy atom. The highest BCUT2D eigenvalue weighted by molar-refractivity contribution is 7.90. The number of hydrogen-bond acceptors (Lipinski definition) is 5. The highest BCUT2D eigenvalue weighted by Crippen LogP contribution is 2.09. The van der Waals surface area contributed by atoms with Crippen LogP contribution in [0.1, 0.15) is 39.1 Å². The number of Topliss-reactive ketones (excluding diaryl/α,β-unsaturated/α-hetero) is 1. The number of ketones is 1. The Kier molecular flexibility index (Phi) is 6.68. The molecule has 0 aliphatic heterocycles. The van der Waals surface area contributed by atoms with Gasteiger partial charge in [0.25, 0.3) is 11.5 Å². The average Bonchev–Trinajstić information content (AvgIpc) is 2.62. The number of hydrogen-bond donors (Lipinski definition) is 1. The Balaban J connectivity index is 2.36. The number of rotatable bonds is 8. The molecule has 2 aromatic rings. The van der Waals surface area contributed by atoms with Crippen molar-refractivity contribution in [2.24, 2.45) is 0 Å². The molecule has 1 N–H and O–H groups in total. The van der Waals surface area contributed by atoms with Gasteiger partial charge in [0, 0.05) is 31.5 Å². The fourth-order valence-electron chi connectivity index (χ4n) is 2.62. The monoisotopic (exact) mass is 390 g/mol. The van der Waals surface area contributed by atoms with E-state index in [4.69, 9.17) is 0 Å². The SMILES string of the molecule is CNC(=O)c1cc(C(=O)CCCS(C)(=O)=O)cn(Cc2ccccc2)c1=O. The highest BCUT2D eigenvalue weighted by atomic mass is 32.2. The average molecular weight is 390 g/mol. The molecule has 8 heteroatoms. The van der Waals surface area contributed by atoms with E-state index in [-0.39, 0.29) is 42.0 Å². The molecule has 0 saturated heterocycles. The van der Waals surface area contributed by atoms with E-state index in [0.29, 0.717) is 0 Å². The summed E-state index contributed by atoms with van der Waals surface area (Å²) in [7, 11) is -1.75. The van der Waals surface area contributed by atoms with Crippen LogP contribution in [0.25, 0.3) is 0 Å². The van der Waals surface area contributed by atoms with Crippen LogP contribution in [-0.4, -0.2) is 43.7 Å². The van der Waals surface area contributed by atoms with Gasteiger partial charge in [-0.3, -0.25) is 14.4 Å². The standard InChI is InChI=1S/C19H22N2O5S/c1-20-18(23)16-11-15(17(22)9-6-10-27(2,25)26)13-21(19(16)24)12-14-7-4-3-5-8-14/h3-5,7-8,11,13H,6,9-10,12H2,1-2H3,(H,20,23). The van der Waals surface area contributed by atoms with E-state index in [1.54, 1.807) is 0 Å². The second-order valence-corrected chi connectivity index (χ2v) is 8.56. The van der Waals surface area contributed by atoms with Crippen LogP contribution in [0.5, 0.6) is 0 Å². The topological polar surface area (TPSA) is 102 Å². The van der Waals surface area contributed by atoms with Gasteiger partial charge in [0.2, 0.25) is 0 Å². The van der Waals surface area contributed by atoms with Gasteiger partial charge in [-0.15, -0.1) is 0 Å². The zero-order valence-electron chi connectivity index (χ0n) is 15.3. The van der Waals surface area contributed by atoms with Crippen molar-refractivity contribution in [2.45, 2.75) is 19.4 Å². The summed E-state index contributed by atoms with van der Waals surface area (Å²) >= 11 is 0. The maximum absolute atomic E-state index is 12.6. The minimum Gasteiger partial charge on any atom is -0.355 e. The molecule has 1 aromatic heterocycles. The number of nitrogens with zero attached hydrogens (tertiary/aromatic N) is 1. The molecule has 0 radical (unpaired) electrons. The number of sulfone groups is 1. The molecule has 0 unspecified atom stereocenters. The molecule has 0 atom stereocenters. The first kappa shape index (κ1) is 20.6. The number of aromatic nitrogens is 1. The third-order valence-electron chi connectivity index (χ3n) is 3.99. The molecule has 7 nitrogen and oxygen atoms in total. The summed E-state index contributed by atoms with van der Waals surface area (Å²) in [4.78, 5) is 37.1. The Bertz CT molecular complexity index is 995. The molecule has 1 aromatic carbocycles. The van der Waals surface area contributed by atoms with E-state index in [2.05, 4.69) is 5.32 Å². The van der Waals surface area contributed by atoms with Crippen LogP contribution >= 0.6 is 0 Å². The van der Waals surface area contributed by atoms with Gasteiger partial charge in [-0.25, -0.2) is 8.42 Å². The van der Waals surface area contributed by atoms with Crippen molar-refractivity contribution in [1.82, 2.24) is 9.88 Å². The predicted octanol–water partition coefficient (Wildman–Crippen LogP) is 1.26. The molecular formula is C19H22N2O5S. The van der Waals surface area contributed by atoms with Crippen molar-refractivity contribution in [3.63, 3.8) is 0 Å². The van der Waals surface area contributed by atoms with Crippen LogP contribution < -0.4 is 10.9 Å². The lowest BCUT2D eigenvalue weighted by Gasteiger charge is -2.11. The molecule has 0 aliphatic carbocycles. The predicted molar refractivity (Wildman–Crippen MR) is 103 cm³/mol. The molecule has 0 bridgehead atoms. The highest BCUT2D eigenvalue weighted by Gasteiger charge is 2.17. The van der Waals surface area contributed by atoms with Gasteiger partial charge in [0.15, 0.2) is 5.78 Å². The van der Waals surface area contributed by atoms with E-state index < -0.39 is 21.3 Å². The van der Waals surface area contributed by atoms with Crippen LogP contribution in [0.4, 0.5) is 0 Å². The molecule has 0 spiro atoms. The molecule has 0 saturated carbocycles. The lowest BCUT2D eigenvalue weighted by atomic mass is 10.1. The van der Waals surface area contributed by atoms with Crippen LogP contribution in [-0.2, 0) is 16.4 Å². The minimum atomic E-state index is -3.15. The largest absolute Gasteiger partial charge is 0.355 e. The number of nitrogens with one attached hydrogen (secondary N) is 1. The van der Waals surface area contributed by atoms with Crippen LogP contribution in [0.2, 0.25) is 0 Å². The normalized spacial score (nSPS) is 11.2. The van der Waals surface area contributed by atoms with Gasteiger partial charge >= 0.3 is 0 Å². The second-order valence-electron chi connectivity index (χ2n) is 6.30. The van der Waals surface area contributed by atoms with E-state index in [0.717, 1.165) is 11.8 Å². The van der Waals surface area contributed by atoms with Crippen molar-refractivity contribution in [3.8, 4) is 0 Å². The lowest BCUT2D eigenvalue weighted by molar-refractivity contribution is 0.0961. The molecular weight excluding hydrogens is 368 g/mol. The number of carbonyl (C=O) groups excluding carboxylic acids is 2.